The minimum Gasteiger partial charge on any atom is -0.507 e. The summed E-state index contributed by atoms with van der Waals surface area (Å²) in [6.45, 7) is 3.60. The zero-order valence-corrected chi connectivity index (χ0v) is 10.5. The Morgan fingerprint density at radius 2 is 2.25 bits per heavy atom. The van der Waals surface area contributed by atoms with Crippen LogP contribution in [0.1, 0.15) is 16.7 Å². The van der Waals surface area contributed by atoms with Crippen molar-refractivity contribution in [2.24, 2.45) is 10.8 Å². The molecule has 0 bridgehead atoms. The van der Waals surface area contributed by atoms with Crippen LogP contribution in [0, 0.1) is 13.8 Å². The number of hydrogen-bond donors (Lipinski definition) is 3. The van der Waals surface area contributed by atoms with Crippen LogP contribution in [0.25, 0.3) is 0 Å². The number of carbonyl (C=O) groups excluding carboxylic acids is 1. The number of nitrogens with two attached hydrogens (primary N) is 1. The van der Waals surface area contributed by atoms with Crippen molar-refractivity contribution >= 4 is 28.2 Å². The number of phenolic OH excluding ortho intramolecular Hbond substituents is 1. The molecular formula is C10H12BrN3O2. The van der Waals surface area contributed by atoms with E-state index in [4.69, 9.17) is 5.73 Å². The molecule has 0 fully saturated rings. The van der Waals surface area contributed by atoms with Gasteiger partial charge in [-0.15, -0.1) is 0 Å². The standard InChI is InChI=1S/C10H12BrN3O2/c1-5-3-8(11)6(2)7(9(5)15)4-13-14-10(12)16/h3-4,15H,1-2H3,(H3,12,14,16). The lowest BCUT2D eigenvalue weighted by atomic mass is 10.0. The molecule has 1 aromatic carbocycles. The van der Waals surface area contributed by atoms with Gasteiger partial charge >= 0.3 is 6.03 Å². The first kappa shape index (κ1) is 12.5. The molecule has 0 atom stereocenters. The second-order valence-electron chi connectivity index (χ2n) is 3.30. The first-order valence-corrected chi connectivity index (χ1v) is 5.30. The molecule has 0 heterocycles. The van der Waals surface area contributed by atoms with Gasteiger partial charge in [-0.3, -0.25) is 0 Å². The van der Waals surface area contributed by atoms with E-state index in [1.54, 1.807) is 6.92 Å². The van der Waals surface area contributed by atoms with Crippen LogP contribution in [0.4, 0.5) is 4.79 Å². The maximum Gasteiger partial charge on any atom is 0.332 e. The summed E-state index contributed by atoms with van der Waals surface area (Å²) in [6, 6.07) is 1.06. The van der Waals surface area contributed by atoms with Gasteiger partial charge in [-0.25, -0.2) is 10.2 Å². The lowest BCUT2D eigenvalue weighted by Gasteiger charge is -2.08. The molecule has 0 unspecified atom stereocenters. The first-order chi connectivity index (χ1) is 7.43. The van der Waals surface area contributed by atoms with Gasteiger partial charge in [-0.05, 0) is 31.0 Å². The molecule has 2 amide bonds. The third kappa shape index (κ3) is 2.73. The largest absolute Gasteiger partial charge is 0.507 e. The van der Waals surface area contributed by atoms with Crippen molar-refractivity contribution in [3.05, 3.63) is 27.2 Å². The fourth-order valence-corrected chi connectivity index (χ4v) is 1.76. The first-order valence-electron chi connectivity index (χ1n) is 4.50. The normalized spacial score (nSPS) is 10.7. The van der Waals surface area contributed by atoms with Crippen LogP contribution in [0.3, 0.4) is 0 Å². The number of hydrazone groups is 1. The maximum atomic E-state index is 10.4. The van der Waals surface area contributed by atoms with Crippen LogP contribution < -0.4 is 11.2 Å². The summed E-state index contributed by atoms with van der Waals surface area (Å²) in [5.41, 5.74) is 9.02. The van der Waals surface area contributed by atoms with Crippen LogP contribution in [-0.2, 0) is 0 Å². The highest BCUT2D eigenvalue weighted by Gasteiger charge is 2.09. The van der Waals surface area contributed by atoms with Gasteiger partial charge in [0.05, 0.1) is 6.21 Å². The van der Waals surface area contributed by atoms with E-state index in [2.05, 4.69) is 26.5 Å². The van der Waals surface area contributed by atoms with E-state index in [9.17, 15) is 9.90 Å². The summed E-state index contributed by atoms with van der Waals surface area (Å²) in [4.78, 5) is 10.4. The Labute approximate surface area is 101 Å². The van der Waals surface area contributed by atoms with Gasteiger partial charge in [-0.1, -0.05) is 15.9 Å². The molecule has 0 aromatic heterocycles. The van der Waals surface area contributed by atoms with Gasteiger partial charge in [0, 0.05) is 10.0 Å². The summed E-state index contributed by atoms with van der Waals surface area (Å²) in [7, 11) is 0. The summed E-state index contributed by atoms with van der Waals surface area (Å²) in [6.07, 6.45) is 1.35. The van der Waals surface area contributed by atoms with Crippen LogP contribution in [-0.4, -0.2) is 17.4 Å². The van der Waals surface area contributed by atoms with Crippen molar-refractivity contribution in [1.29, 1.82) is 0 Å². The van der Waals surface area contributed by atoms with Crippen LogP contribution in [0.2, 0.25) is 0 Å². The maximum absolute atomic E-state index is 10.4. The molecule has 1 rings (SSSR count). The summed E-state index contributed by atoms with van der Waals surface area (Å²) < 4.78 is 0.864. The fourth-order valence-electron chi connectivity index (χ4n) is 1.20. The van der Waals surface area contributed by atoms with E-state index in [1.165, 1.54) is 6.21 Å². The number of nitrogens with zero attached hydrogens (tertiary/aromatic N) is 1. The quantitative estimate of drug-likeness (QED) is 0.571. The number of aromatic hydroxyl groups is 1. The van der Waals surface area contributed by atoms with Gasteiger partial charge < -0.3 is 10.8 Å². The third-order valence-electron chi connectivity index (χ3n) is 2.10. The molecule has 1 aromatic rings. The highest BCUT2D eigenvalue weighted by molar-refractivity contribution is 9.10. The summed E-state index contributed by atoms with van der Waals surface area (Å²) in [5, 5.41) is 13.4. The zero-order valence-electron chi connectivity index (χ0n) is 8.91. The Balaban J connectivity index is 3.12. The Hall–Kier alpha value is -1.56. The molecule has 6 heteroatoms. The van der Waals surface area contributed by atoms with Crippen LogP contribution in [0.15, 0.2) is 15.6 Å². The molecule has 5 nitrogen and oxygen atoms in total. The lowest BCUT2D eigenvalue weighted by molar-refractivity contribution is 0.249. The third-order valence-corrected chi connectivity index (χ3v) is 2.93. The molecule has 0 aliphatic carbocycles. The van der Waals surface area contributed by atoms with Crippen molar-refractivity contribution < 1.29 is 9.90 Å². The van der Waals surface area contributed by atoms with Gasteiger partial charge in [0.2, 0.25) is 0 Å². The van der Waals surface area contributed by atoms with Gasteiger partial charge in [0.1, 0.15) is 5.75 Å². The Bertz CT molecular complexity index is 432. The number of nitrogens with one attached hydrogen (secondary N) is 1. The SMILES string of the molecule is Cc1cc(Br)c(C)c(C=NNC(N)=O)c1O. The van der Waals surface area contributed by atoms with Crippen molar-refractivity contribution in [2.75, 3.05) is 0 Å². The number of urea groups is 1. The zero-order chi connectivity index (χ0) is 12.3. The van der Waals surface area contributed by atoms with Gasteiger partial charge in [0.15, 0.2) is 0 Å². The Kier molecular flexibility index (Phi) is 3.89. The topological polar surface area (TPSA) is 87.7 Å². The number of rotatable bonds is 2. The number of carbonyl (C=O) groups is 1. The average molecular weight is 286 g/mol. The van der Waals surface area contributed by atoms with Crippen LogP contribution >= 0.6 is 15.9 Å². The second kappa shape index (κ2) is 4.98. The number of hydrogen-bond acceptors (Lipinski definition) is 3. The number of phenols is 1. The smallest absolute Gasteiger partial charge is 0.332 e. The molecule has 0 saturated carbocycles. The van der Waals surface area contributed by atoms with Crippen LogP contribution in [0.5, 0.6) is 5.75 Å². The molecule has 4 N–H and O–H groups in total. The highest BCUT2D eigenvalue weighted by atomic mass is 79.9. The van der Waals surface area contributed by atoms with E-state index in [1.807, 2.05) is 13.0 Å². The molecular weight excluding hydrogens is 274 g/mol. The lowest BCUT2D eigenvalue weighted by Crippen LogP contribution is -2.24. The molecule has 0 radical (unpaired) electrons. The van der Waals surface area contributed by atoms with Crippen molar-refractivity contribution in [2.45, 2.75) is 13.8 Å². The van der Waals surface area contributed by atoms with E-state index in [0.717, 1.165) is 15.6 Å². The molecule has 86 valence electrons. The Morgan fingerprint density at radius 1 is 1.62 bits per heavy atom. The van der Waals surface area contributed by atoms with E-state index in [0.29, 0.717) is 5.56 Å². The van der Waals surface area contributed by atoms with Gasteiger partial charge in [-0.2, -0.15) is 5.10 Å². The molecule has 0 aliphatic rings. The average Bonchev–Trinajstić information content (AvgIpc) is 2.20. The summed E-state index contributed by atoms with van der Waals surface area (Å²) >= 11 is 3.37. The van der Waals surface area contributed by atoms with E-state index in [-0.39, 0.29) is 5.75 Å². The minimum atomic E-state index is -0.750. The highest BCUT2D eigenvalue weighted by Crippen LogP contribution is 2.29. The minimum absolute atomic E-state index is 0.135. The van der Waals surface area contributed by atoms with Crippen molar-refractivity contribution in [1.82, 2.24) is 5.43 Å². The number of amides is 2. The predicted octanol–water partition coefficient (Wildman–Crippen LogP) is 1.77. The monoisotopic (exact) mass is 285 g/mol. The number of benzene rings is 1. The number of aryl methyl sites for hydroxylation is 1. The van der Waals surface area contributed by atoms with Gasteiger partial charge in [0.25, 0.3) is 0 Å². The molecule has 0 saturated heterocycles. The van der Waals surface area contributed by atoms with E-state index < -0.39 is 6.03 Å². The predicted molar refractivity (Wildman–Crippen MR) is 65.6 cm³/mol. The van der Waals surface area contributed by atoms with Crippen molar-refractivity contribution in [3.63, 3.8) is 0 Å². The fraction of sp³-hybridized carbons (Fsp3) is 0.200. The second-order valence-corrected chi connectivity index (χ2v) is 4.15. The number of primary amides is 1. The molecule has 16 heavy (non-hydrogen) atoms. The van der Waals surface area contributed by atoms with Crippen molar-refractivity contribution in [3.8, 4) is 5.75 Å². The number of halogens is 1. The summed E-state index contributed by atoms with van der Waals surface area (Å²) in [5.74, 6) is 0.135. The molecule has 0 spiro atoms. The molecule has 0 aliphatic heterocycles. The van der Waals surface area contributed by atoms with E-state index >= 15 is 0 Å². The Morgan fingerprint density at radius 3 is 2.81 bits per heavy atom.